The first kappa shape index (κ1) is 13.2. The first-order chi connectivity index (χ1) is 9.81. The van der Waals surface area contributed by atoms with Gasteiger partial charge in [0.05, 0.1) is 5.69 Å². The summed E-state index contributed by atoms with van der Waals surface area (Å²) >= 11 is 5.85. The zero-order valence-electron chi connectivity index (χ0n) is 11.1. The molecule has 0 bridgehead atoms. The molecule has 2 aromatic rings. The van der Waals surface area contributed by atoms with Gasteiger partial charge in [0.1, 0.15) is 0 Å². The lowest BCUT2D eigenvalue weighted by atomic mass is 9.89. The standard InChI is InChI=1S/C17H16ClNO/c18-11-10-14-12-13-6-4-5-9-16(13)19(17(14)20)15-7-2-1-3-8-15/h1-9,14H,10-12H2. The molecule has 3 heteroatoms. The van der Waals surface area contributed by atoms with Gasteiger partial charge in [0.15, 0.2) is 0 Å². The molecule has 0 saturated carbocycles. The van der Waals surface area contributed by atoms with Crippen LogP contribution < -0.4 is 4.90 Å². The van der Waals surface area contributed by atoms with E-state index >= 15 is 0 Å². The van der Waals surface area contributed by atoms with Gasteiger partial charge >= 0.3 is 0 Å². The van der Waals surface area contributed by atoms with Gasteiger partial charge in [0.2, 0.25) is 5.91 Å². The summed E-state index contributed by atoms with van der Waals surface area (Å²) in [5, 5.41) is 0. The van der Waals surface area contributed by atoms with Crippen LogP contribution in [0.1, 0.15) is 12.0 Å². The minimum atomic E-state index is -0.0254. The molecule has 2 nitrogen and oxygen atoms in total. The molecule has 1 aliphatic heterocycles. The number of halogens is 1. The summed E-state index contributed by atoms with van der Waals surface area (Å²) in [5.41, 5.74) is 3.13. The van der Waals surface area contributed by atoms with Crippen LogP contribution in [0.15, 0.2) is 54.6 Å². The predicted octanol–water partition coefficient (Wildman–Crippen LogP) is 4.15. The zero-order valence-corrected chi connectivity index (χ0v) is 11.9. The Balaban J connectivity index is 2.08. The largest absolute Gasteiger partial charge is 0.281 e. The number of anilines is 2. The maximum Gasteiger partial charge on any atom is 0.235 e. The van der Waals surface area contributed by atoms with Crippen LogP contribution in [-0.4, -0.2) is 11.8 Å². The second-order valence-electron chi connectivity index (χ2n) is 5.02. The normalized spacial score (nSPS) is 17.9. The van der Waals surface area contributed by atoms with Gasteiger partial charge in [0, 0.05) is 17.5 Å². The Bertz CT molecular complexity index is 611. The van der Waals surface area contributed by atoms with Crippen molar-refractivity contribution in [2.24, 2.45) is 5.92 Å². The number of hydrogen-bond donors (Lipinski definition) is 0. The Morgan fingerprint density at radius 2 is 1.75 bits per heavy atom. The molecule has 0 radical (unpaired) electrons. The average Bonchev–Trinajstić information content (AvgIpc) is 2.49. The molecule has 0 saturated heterocycles. The van der Waals surface area contributed by atoms with Crippen molar-refractivity contribution in [1.82, 2.24) is 0 Å². The lowest BCUT2D eigenvalue weighted by Gasteiger charge is -2.34. The van der Waals surface area contributed by atoms with Crippen LogP contribution in [0.5, 0.6) is 0 Å². The molecule has 20 heavy (non-hydrogen) atoms. The van der Waals surface area contributed by atoms with Crippen molar-refractivity contribution < 1.29 is 4.79 Å². The van der Waals surface area contributed by atoms with E-state index < -0.39 is 0 Å². The summed E-state index contributed by atoms with van der Waals surface area (Å²) in [6.45, 7) is 0. The molecule has 1 amide bonds. The van der Waals surface area contributed by atoms with Gasteiger partial charge in [-0.2, -0.15) is 0 Å². The van der Waals surface area contributed by atoms with E-state index in [9.17, 15) is 4.79 Å². The molecular formula is C17H16ClNO. The number of hydrogen-bond acceptors (Lipinski definition) is 1. The van der Waals surface area contributed by atoms with Crippen molar-refractivity contribution in [1.29, 1.82) is 0 Å². The van der Waals surface area contributed by atoms with Gasteiger partial charge in [0.25, 0.3) is 0 Å². The zero-order chi connectivity index (χ0) is 13.9. The molecule has 0 N–H and O–H groups in total. The van der Waals surface area contributed by atoms with E-state index in [2.05, 4.69) is 6.07 Å². The number of para-hydroxylation sites is 2. The quantitative estimate of drug-likeness (QED) is 0.776. The SMILES string of the molecule is O=C1C(CCCl)Cc2ccccc2N1c1ccccc1. The summed E-state index contributed by atoms with van der Waals surface area (Å²) in [4.78, 5) is 14.6. The van der Waals surface area contributed by atoms with E-state index in [0.717, 1.165) is 24.2 Å². The lowest BCUT2D eigenvalue weighted by molar-refractivity contribution is -0.122. The van der Waals surface area contributed by atoms with Gasteiger partial charge in [-0.15, -0.1) is 11.6 Å². The lowest BCUT2D eigenvalue weighted by Crippen LogP contribution is -2.38. The number of nitrogens with zero attached hydrogens (tertiary/aromatic N) is 1. The highest BCUT2D eigenvalue weighted by atomic mass is 35.5. The van der Waals surface area contributed by atoms with Gasteiger partial charge in [-0.05, 0) is 36.6 Å². The van der Waals surface area contributed by atoms with E-state index in [1.54, 1.807) is 0 Å². The summed E-state index contributed by atoms with van der Waals surface area (Å²) in [5.74, 6) is 0.638. The van der Waals surface area contributed by atoms with E-state index in [4.69, 9.17) is 11.6 Å². The Morgan fingerprint density at radius 3 is 2.50 bits per heavy atom. The maximum atomic E-state index is 12.7. The highest BCUT2D eigenvalue weighted by Crippen LogP contribution is 2.37. The smallest absolute Gasteiger partial charge is 0.235 e. The molecule has 0 aliphatic carbocycles. The molecule has 102 valence electrons. The van der Waals surface area contributed by atoms with Crippen LogP contribution in [0.3, 0.4) is 0 Å². The first-order valence-electron chi connectivity index (χ1n) is 6.84. The van der Waals surface area contributed by atoms with Crippen LogP contribution in [-0.2, 0) is 11.2 Å². The number of amides is 1. The molecule has 2 aromatic carbocycles. The number of benzene rings is 2. The third kappa shape index (κ3) is 2.32. The Labute approximate surface area is 124 Å². The number of carbonyl (C=O) groups excluding carboxylic acids is 1. The molecule has 1 unspecified atom stereocenters. The summed E-state index contributed by atoms with van der Waals surface area (Å²) in [6, 6.07) is 17.9. The average molecular weight is 286 g/mol. The monoisotopic (exact) mass is 285 g/mol. The second-order valence-corrected chi connectivity index (χ2v) is 5.39. The minimum Gasteiger partial charge on any atom is -0.281 e. The molecule has 0 spiro atoms. The van der Waals surface area contributed by atoms with Crippen LogP contribution in [0.25, 0.3) is 0 Å². The van der Waals surface area contributed by atoms with Crippen molar-refractivity contribution in [3.05, 3.63) is 60.2 Å². The highest BCUT2D eigenvalue weighted by Gasteiger charge is 2.32. The number of alkyl halides is 1. The Kier molecular flexibility index (Phi) is 3.75. The van der Waals surface area contributed by atoms with E-state index in [0.29, 0.717) is 5.88 Å². The minimum absolute atomic E-state index is 0.0254. The van der Waals surface area contributed by atoms with Gasteiger partial charge in [-0.3, -0.25) is 9.69 Å². The molecule has 1 heterocycles. The fourth-order valence-corrected chi connectivity index (χ4v) is 3.02. The van der Waals surface area contributed by atoms with Crippen molar-refractivity contribution in [3.63, 3.8) is 0 Å². The third-order valence-electron chi connectivity index (χ3n) is 3.74. The van der Waals surface area contributed by atoms with Crippen molar-refractivity contribution in [3.8, 4) is 0 Å². The number of fused-ring (bicyclic) bond motifs is 1. The number of rotatable bonds is 3. The second kappa shape index (κ2) is 5.68. The van der Waals surface area contributed by atoms with E-state index in [1.807, 2.05) is 53.4 Å². The van der Waals surface area contributed by atoms with E-state index in [1.165, 1.54) is 5.56 Å². The molecule has 3 rings (SSSR count). The predicted molar refractivity (Wildman–Crippen MR) is 82.6 cm³/mol. The number of carbonyl (C=O) groups is 1. The van der Waals surface area contributed by atoms with Crippen molar-refractivity contribution in [2.75, 3.05) is 10.8 Å². The topological polar surface area (TPSA) is 20.3 Å². The Hall–Kier alpha value is -1.80. The third-order valence-corrected chi connectivity index (χ3v) is 3.96. The van der Waals surface area contributed by atoms with Crippen LogP contribution in [0.4, 0.5) is 11.4 Å². The van der Waals surface area contributed by atoms with Crippen LogP contribution in [0, 0.1) is 5.92 Å². The molecule has 0 fully saturated rings. The first-order valence-corrected chi connectivity index (χ1v) is 7.37. The summed E-state index contributed by atoms with van der Waals surface area (Å²) in [6.07, 6.45) is 1.50. The summed E-state index contributed by atoms with van der Waals surface area (Å²) < 4.78 is 0. The van der Waals surface area contributed by atoms with Crippen LogP contribution >= 0.6 is 11.6 Å². The fourth-order valence-electron chi connectivity index (χ4n) is 2.76. The molecule has 0 aromatic heterocycles. The van der Waals surface area contributed by atoms with Gasteiger partial charge in [-0.25, -0.2) is 0 Å². The van der Waals surface area contributed by atoms with Gasteiger partial charge in [-0.1, -0.05) is 36.4 Å². The van der Waals surface area contributed by atoms with E-state index in [-0.39, 0.29) is 11.8 Å². The summed E-state index contributed by atoms with van der Waals surface area (Å²) in [7, 11) is 0. The maximum absolute atomic E-state index is 12.7. The molecular weight excluding hydrogens is 270 g/mol. The van der Waals surface area contributed by atoms with Crippen molar-refractivity contribution >= 4 is 28.9 Å². The van der Waals surface area contributed by atoms with Gasteiger partial charge < -0.3 is 0 Å². The fraction of sp³-hybridized carbons (Fsp3) is 0.235. The molecule has 1 atom stereocenters. The Morgan fingerprint density at radius 1 is 1.05 bits per heavy atom. The van der Waals surface area contributed by atoms with Crippen molar-refractivity contribution in [2.45, 2.75) is 12.8 Å². The highest BCUT2D eigenvalue weighted by molar-refractivity contribution is 6.18. The molecule has 1 aliphatic rings. The van der Waals surface area contributed by atoms with Crippen LogP contribution in [0.2, 0.25) is 0 Å².